The fraction of sp³-hybridized carbons (Fsp3) is 0.0769. The van der Waals surface area contributed by atoms with Gasteiger partial charge in [-0.1, -0.05) is 83.9 Å². The van der Waals surface area contributed by atoms with E-state index in [0.717, 1.165) is 44.1 Å². The Morgan fingerprint density at radius 2 is 1.00 bits per heavy atom. The Morgan fingerprint density at radius 3 is 1.38 bits per heavy atom. The van der Waals surface area contributed by atoms with E-state index in [1.807, 2.05) is 57.9 Å². The van der Waals surface area contributed by atoms with Crippen LogP contribution in [0.5, 0.6) is 0 Å². The van der Waals surface area contributed by atoms with Crippen molar-refractivity contribution in [3.63, 3.8) is 0 Å². The monoisotopic (exact) mass is 888 g/mol. The number of allylic oxidation sites excluding steroid dienone is 2. The zero-order valence-corrected chi connectivity index (χ0v) is 35.6. The maximum absolute atomic E-state index is 13.3. The number of esters is 1. The number of nitriles is 2. The number of nitrogens with zero attached hydrogens (tertiary/aromatic N) is 4. The summed E-state index contributed by atoms with van der Waals surface area (Å²) in [7, 11) is 0. The van der Waals surface area contributed by atoms with Crippen LogP contribution in [-0.4, -0.2) is 32.8 Å². The SMILES string of the molecule is CCOC(=O)c1ccc(/C(C#N)=C/c2cn(Cc3ccc(F)cc3)c3cc(Cl)ccc23)cc1.N#C/C(=C\c1cn(Cc2ccc(F)cc2)c2cc(Cl)ccc12)c1ccc(C(=O)O)cc1. The molecule has 8 rings (SSSR count). The van der Waals surface area contributed by atoms with Crippen molar-refractivity contribution in [2.75, 3.05) is 6.61 Å². The van der Waals surface area contributed by atoms with Gasteiger partial charge in [0.2, 0.25) is 0 Å². The molecule has 0 aliphatic rings. The second-order valence-electron chi connectivity index (χ2n) is 14.5. The maximum atomic E-state index is 13.3. The normalized spacial score (nSPS) is 11.4. The minimum Gasteiger partial charge on any atom is -0.478 e. The van der Waals surface area contributed by atoms with Crippen LogP contribution < -0.4 is 0 Å². The summed E-state index contributed by atoms with van der Waals surface area (Å²) in [5, 5.41) is 31.6. The molecule has 2 heterocycles. The van der Waals surface area contributed by atoms with Crippen molar-refractivity contribution in [3.8, 4) is 12.1 Å². The summed E-state index contributed by atoms with van der Waals surface area (Å²) >= 11 is 12.5. The molecule has 0 aliphatic heterocycles. The molecule has 0 radical (unpaired) electrons. The summed E-state index contributed by atoms with van der Waals surface area (Å²) in [5.41, 5.74) is 8.14. The van der Waals surface area contributed by atoms with Gasteiger partial charge in [-0.25, -0.2) is 18.4 Å². The first-order chi connectivity index (χ1) is 30.9. The Morgan fingerprint density at radius 1 is 0.609 bits per heavy atom. The van der Waals surface area contributed by atoms with Crippen LogP contribution in [0.2, 0.25) is 10.0 Å². The van der Waals surface area contributed by atoms with Gasteiger partial charge < -0.3 is 19.0 Å². The summed E-state index contributed by atoms with van der Waals surface area (Å²) in [6.45, 7) is 3.10. The van der Waals surface area contributed by atoms with E-state index in [1.54, 1.807) is 79.7 Å². The van der Waals surface area contributed by atoms with Crippen LogP contribution in [0, 0.1) is 34.3 Å². The van der Waals surface area contributed by atoms with Crippen molar-refractivity contribution in [3.05, 3.63) is 212 Å². The Bertz CT molecular complexity index is 3160. The van der Waals surface area contributed by atoms with Crippen LogP contribution in [0.3, 0.4) is 0 Å². The van der Waals surface area contributed by atoms with Gasteiger partial charge in [-0.2, -0.15) is 10.5 Å². The van der Waals surface area contributed by atoms with E-state index in [-0.39, 0.29) is 17.2 Å². The highest BCUT2D eigenvalue weighted by Crippen LogP contribution is 2.31. The number of aromatic nitrogens is 2. The first-order valence-electron chi connectivity index (χ1n) is 19.8. The molecule has 8 aromatic rings. The molecule has 0 fully saturated rings. The highest BCUT2D eigenvalue weighted by Gasteiger charge is 2.14. The summed E-state index contributed by atoms with van der Waals surface area (Å²) in [4.78, 5) is 23.0. The van der Waals surface area contributed by atoms with Gasteiger partial charge in [0, 0.05) is 57.4 Å². The lowest BCUT2D eigenvalue weighted by atomic mass is 10.0. The van der Waals surface area contributed by atoms with Gasteiger partial charge in [-0.15, -0.1) is 0 Å². The fourth-order valence-electron chi connectivity index (χ4n) is 7.12. The van der Waals surface area contributed by atoms with Crippen LogP contribution >= 0.6 is 23.2 Å². The van der Waals surface area contributed by atoms with E-state index in [9.17, 15) is 28.9 Å². The van der Waals surface area contributed by atoms with Crippen molar-refractivity contribution in [1.82, 2.24) is 9.13 Å². The molecule has 0 saturated heterocycles. The van der Waals surface area contributed by atoms with Gasteiger partial charge in [0.25, 0.3) is 0 Å². The second kappa shape index (κ2) is 20.0. The third-order valence-electron chi connectivity index (χ3n) is 10.3. The molecule has 0 unspecified atom stereocenters. The molecule has 316 valence electrons. The van der Waals surface area contributed by atoms with Crippen molar-refractivity contribution >= 4 is 80.2 Å². The number of hydrogen-bond donors (Lipinski definition) is 1. The van der Waals surface area contributed by atoms with Crippen LogP contribution in [0.1, 0.15) is 61.0 Å². The first-order valence-corrected chi connectivity index (χ1v) is 20.6. The van der Waals surface area contributed by atoms with Crippen molar-refractivity contribution < 1.29 is 28.2 Å². The van der Waals surface area contributed by atoms with Gasteiger partial charge in [0.05, 0.1) is 52.1 Å². The number of carboxylic acid groups (broad SMARTS) is 1. The predicted molar refractivity (Wildman–Crippen MR) is 248 cm³/mol. The minimum absolute atomic E-state index is 0.159. The van der Waals surface area contributed by atoms with Crippen LogP contribution in [0.4, 0.5) is 8.78 Å². The standard InChI is InChI=1S/C27H20ClFN2O2.C25H16ClFN2O2/c1-2-33-27(32)20-7-5-19(6-8-20)21(15-30)13-22-17-31(16-18-3-10-24(29)11-4-18)26-14-23(28)9-12-25(22)26;26-21-7-10-23-20(11-19(13-28)17-3-5-18(6-4-17)25(30)31)15-29(24(23)12-21)14-16-1-8-22(27)9-2-16/h3-14,17H,2,16H2,1H3;1-12,15H,14H2,(H,30,31)/b21-13+;19-11+. The van der Waals surface area contributed by atoms with Gasteiger partial charge in [-0.3, -0.25) is 0 Å². The summed E-state index contributed by atoms with van der Waals surface area (Å²) < 4.78 is 35.6. The van der Waals surface area contributed by atoms with Crippen LogP contribution in [-0.2, 0) is 17.8 Å². The molecule has 12 heteroatoms. The Kier molecular flexibility index (Phi) is 13.8. The van der Waals surface area contributed by atoms with E-state index in [2.05, 4.69) is 12.1 Å². The molecule has 64 heavy (non-hydrogen) atoms. The highest BCUT2D eigenvalue weighted by molar-refractivity contribution is 6.31. The molecule has 0 spiro atoms. The number of fused-ring (bicyclic) bond motifs is 2. The fourth-order valence-corrected chi connectivity index (χ4v) is 7.45. The molecule has 0 amide bonds. The Labute approximate surface area is 377 Å². The lowest BCUT2D eigenvalue weighted by molar-refractivity contribution is 0.0525. The highest BCUT2D eigenvalue weighted by atomic mass is 35.5. The van der Waals surface area contributed by atoms with Gasteiger partial charge >= 0.3 is 11.9 Å². The molecule has 0 atom stereocenters. The molecular weight excluding hydrogens is 853 g/mol. The van der Waals surface area contributed by atoms with Crippen LogP contribution in [0.25, 0.3) is 45.1 Å². The lowest BCUT2D eigenvalue weighted by Crippen LogP contribution is -2.04. The van der Waals surface area contributed by atoms with Gasteiger partial charge in [-0.05, 0) is 114 Å². The molecule has 0 saturated carbocycles. The number of carbonyl (C=O) groups is 2. The topological polar surface area (TPSA) is 121 Å². The molecule has 2 aromatic heterocycles. The molecule has 0 aliphatic carbocycles. The number of rotatable bonds is 11. The number of hydrogen-bond acceptors (Lipinski definition) is 5. The quantitative estimate of drug-likeness (QED) is 0.102. The molecule has 1 N–H and O–H groups in total. The largest absolute Gasteiger partial charge is 0.478 e. The smallest absolute Gasteiger partial charge is 0.338 e. The average Bonchev–Trinajstić information content (AvgIpc) is 3.81. The molecule has 0 bridgehead atoms. The van der Waals surface area contributed by atoms with Gasteiger partial charge in [0.1, 0.15) is 11.6 Å². The molecule has 8 nitrogen and oxygen atoms in total. The number of ether oxygens (including phenoxy) is 1. The zero-order chi connectivity index (χ0) is 45.3. The van der Waals surface area contributed by atoms with Crippen molar-refractivity contribution in [1.29, 1.82) is 10.5 Å². The Balaban J connectivity index is 0.000000192. The zero-order valence-electron chi connectivity index (χ0n) is 34.1. The minimum atomic E-state index is -1.02. The van der Waals surface area contributed by atoms with E-state index < -0.39 is 11.9 Å². The summed E-state index contributed by atoms with van der Waals surface area (Å²) in [6, 6.07) is 41.2. The number of halogens is 4. The number of carbonyl (C=O) groups excluding carboxylic acids is 1. The van der Waals surface area contributed by atoms with Crippen molar-refractivity contribution in [2.45, 2.75) is 20.0 Å². The molecule has 6 aromatic carbocycles. The predicted octanol–water partition coefficient (Wildman–Crippen LogP) is 13.0. The number of benzene rings is 6. The van der Waals surface area contributed by atoms with E-state index in [4.69, 9.17) is 33.0 Å². The molecular formula is C52H36Cl2F2N4O4. The van der Waals surface area contributed by atoms with E-state index in [0.29, 0.717) is 57.6 Å². The number of carboxylic acids is 1. The second-order valence-corrected chi connectivity index (χ2v) is 15.4. The average molecular weight is 890 g/mol. The Hall–Kier alpha value is -7.76. The third kappa shape index (κ3) is 10.5. The van der Waals surface area contributed by atoms with Crippen molar-refractivity contribution in [2.24, 2.45) is 0 Å². The summed E-state index contributed by atoms with van der Waals surface area (Å²) in [5.74, 6) is -1.99. The third-order valence-corrected chi connectivity index (χ3v) is 10.7. The summed E-state index contributed by atoms with van der Waals surface area (Å²) in [6.07, 6.45) is 7.46. The maximum Gasteiger partial charge on any atom is 0.338 e. The first kappa shape index (κ1) is 44.3. The lowest BCUT2D eigenvalue weighted by Gasteiger charge is -2.06. The van der Waals surface area contributed by atoms with Gasteiger partial charge in [0.15, 0.2) is 0 Å². The van der Waals surface area contributed by atoms with Crippen LogP contribution in [0.15, 0.2) is 146 Å². The van der Waals surface area contributed by atoms with E-state index in [1.165, 1.54) is 36.4 Å². The van der Waals surface area contributed by atoms with E-state index >= 15 is 0 Å². The number of aromatic carboxylic acids is 1.